The molecule has 0 aromatic heterocycles. The normalized spacial score (nSPS) is 21.7. The van der Waals surface area contributed by atoms with Gasteiger partial charge in [-0.25, -0.2) is 0 Å². The molecule has 1 fully saturated rings. The van der Waals surface area contributed by atoms with Crippen molar-refractivity contribution < 1.29 is 4.79 Å². The molecular formula is C13H18N2O. The molecule has 1 aliphatic rings. The minimum atomic E-state index is 0.0425. The smallest absolute Gasteiger partial charge is 0.251 e. The first-order valence-corrected chi connectivity index (χ1v) is 5.80. The highest BCUT2D eigenvalue weighted by atomic mass is 16.1. The van der Waals surface area contributed by atoms with Crippen molar-refractivity contribution in [1.82, 2.24) is 10.2 Å². The van der Waals surface area contributed by atoms with Crippen LogP contribution < -0.4 is 5.32 Å². The van der Waals surface area contributed by atoms with Crippen LogP contribution in [0.2, 0.25) is 0 Å². The van der Waals surface area contributed by atoms with Gasteiger partial charge in [-0.1, -0.05) is 18.2 Å². The second kappa shape index (κ2) is 5.12. The third-order valence-electron chi connectivity index (χ3n) is 3.00. The zero-order valence-electron chi connectivity index (χ0n) is 9.65. The summed E-state index contributed by atoms with van der Waals surface area (Å²) in [6.07, 6.45) is 2.25. The van der Waals surface area contributed by atoms with E-state index in [1.807, 2.05) is 30.3 Å². The zero-order chi connectivity index (χ0) is 11.4. The second-order valence-corrected chi connectivity index (χ2v) is 4.44. The van der Waals surface area contributed by atoms with Crippen LogP contribution in [-0.4, -0.2) is 37.0 Å². The van der Waals surface area contributed by atoms with Crippen molar-refractivity contribution in [3.63, 3.8) is 0 Å². The van der Waals surface area contributed by atoms with Crippen molar-refractivity contribution in [1.29, 1.82) is 0 Å². The number of carbonyl (C=O) groups excluding carboxylic acids is 1. The van der Waals surface area contributed by atoms with E-state index in [9.17, 15) is 4.79 Å². The van der Waals surface area contributed by atoms with Crippen molar-refractivity contribution in [3.8, 4) is 0 Å². The van der Waals surface area contributed by atoms with E-state index in [0.29, 0.717) is 6.04 Å². The average molecular weight is 218 g/mol. The van der Waals surface area contributed by atoms with Gasteiger partial charge in [-0.05, 0) is 38.6 Å². The molecule has 0 radical (unpaired) electrons. The molecule has 86 valence electrons. The molecule has 2 rings (SSSR count). The lowest BCUT2D eigenvalue weighted by atomic mass is 10.1. The molecule has 0 bridgehead atoms. The van der Waals surface area contributed by atoms with Gasteiger partial charge in [0.1, 0.15) is 0 Å². The standard InChI is InChI=1S/C13H18N2O/c1-15-9-5-8-12(10-15)14-13(16)11-6-3-2-4-7-11/h2-4,6-7,12H,5,8-10H2,1H3,(H,14,16). The summed E-state index contributed by atoms with van der Waals surface area (Å²) >= 11 is 0. The summed E-state index contributed by atoms with van der Waals surface area (Å²) in [5, 5.41) is 3.08. The first kappa shape index (κ1) is 11.1. The van der Waals surface area contributed by atoms with E-state index in [2.05, 4.69) is 17.3 Å². The Hall–Kier alpha value is -1.35. The maximum Gasteiger partial charge on any atom is 0.251 e. The molecule has 1 unspecified atom stereocenters. The molecular weight excluding hydrogens is 200 g/mol. The van der Waals surface area contributed by atoms with Gasteiger partial charge in [-0.15, -0.1) is 0 Å². The van der Waals surface area contributed by atoms with Gasteiger partial charge < -0.3 is 10.2 Å². The Labute approximate surface area is 96.5 Å². The minimum Gasteiger partial charge on any atom is -0.348 e. The summed E-state index contributed by atoms with van der Waals surface area (Å²) < 4.78 is 0. The largest absolute Gasteiger partial charge is 0.348 e. The molecule has 0 spiro atoms. The Morgan fingerprint density at radius 1 is 1.38 bits per heavy atom. The number of benzene rings is 1. The number of hydrogen-bond donors (Lipinski definition) is 1. The summed E-state index contributed by atoms with van der Waals surface area (Å²) in [6.45, 7) is 2.09. The second-order valence-electron chi connectivity index (χ2n) is 4.44. The Balaban J connectivity index is 1.92. The van der Waals surface area contributed by atoms with Gasteiger partial charge in [0.15, 0.2) is 0 Å². The monoisotopic (exact) mass is 218 g/mol. The SMILES string of the molecule is CN1CCCC(NC(=O)c2ccccc2)C1. The molecule has 0 saturated carbocycles. The zero-order valence-corrected chi connectivity index (χ0v) is 9.65. The number of amides is 1. The predicted molar refractivity (Wildman–Crippen MR) is 64.4 cm³/mol. The van der Waals surface area contributed by atoms with Crippen molar-refractivity contribution >= 4 is 5.91 Å². The Morgan fingerprint density at radius 3 is 2.81 bits per heavy atom. The first-order valence-electron chi connectivity index (χ1n) is 5.80. The minimum absolute atomic E-state index is 0.0425. The van der Waals surface area contributed by atoms with E-state index in [-0.39, 0.29) is 5.91 Å². The Morgan fingerprint density at radius 2 is 2.12 bits per heavy atom. The number of nitrogens with zero attached hydrogens (tertiary/aromatic N) is 1. The third kappa shape index (κ3) is 2.83. The van der Waals surface area contributed by atoms with E-state index < -0.39 is 0 Å². The molecule has 0 aliphatic carbocycles. The fourth-order valence-electron chi connectivity index (χ4n) is 2.14. The van der Waals surface area contributed by atoms with Crippen LogP contribution in [0.1, 0.15) is 23.2 Å². The summed E-state index contributed by atoms with van der Waals surface area (Å²) in [6, 6.07) is 9.70. The molecule has 16 heavy (non-hydrogen) atoms. The number of likely N-dealkylation sites (N-methyl/N-ethyl adjacent to an activating group) is 1. The van der Waals surface area contributed by atoms with Gasteiger partial charge in [0.25, 0.3) is 5.91 Å². The lowest BCUT2D eigenvalue weighted by molar-refractivity contribution is 0.0912. The lowest BCUT2D eigenvalue weighted by Crippen LogP contribution is -2.46. The van der Waals surface area contributed by atoms with Crippen molar-refractivity contribution in [3.05, 3.63) is 35.9 Å². The molecule has 1 aromatic rings. The highest BCUT2D eigenvalue weighted by Gasteiger charge is 2.19. The van der Waals surface area contributed by atoms with Crippen LogP contribution in [0.5, 0.6) is 0 Å². The maximum absolute atomic E-state index is 11.9. The average Bonchev–Trinajstić information content (AvgIpc) is 2.30. The fourth-order valence-corrected chi connectivity index (χ4v) is 2.14. The fraction of sp³-hybridized carbons (Fsp3) is 0.462. The predicted octanol–water partition coefficient (Wildman–Crippen LogP) is 1.51. The first-order chi connectivity index (χ1) is 7.75. The lowest BCUT2D eigenvalue weighted by Gasteiger charge is -2.30. The molecule has 1 atom stereocenters. The number of rotatable bonds is 2. The molecule has 1 aliphatic heterocycles. The summed E-state index contributed by atoms with van der Waals surface area (Å²) in [7, 11) is 2.10. The van der Waals surface area contributed by atoms with Gasteiger partial charge in [0.2, 0.25) is 0 Å². The van der Waals surface area contributed by atoms with Crippen LogP contribution in [0.4, 0.5) is 0 Å². The van der Waals surface area contributed by atoms with Gasteiger partial charge in [-0.3, -0.25) is 4.79 Å². The van der Waals surface area contributed by atoms with Gasteiger partial charge in [0.05, 0.1) is 0 Å². The van der Waals surface area contributed by atoms with Crippen molar-refractivity contribution in [2.24, 2.45) is 0 Å². The number of carbonyl (C=O) groups is 1. The number of nitrogens with one attached hydrogen (secondary N) is 1. The summed E-state index contributed by atoms with van der Waals surface area (Å²) in [5.41, 5.74) is 0.746. The van der Waals surface area contributed by atoms with E-state index >= 15 is 0 Å². The molecule has 1 saturated heterocycles. The Kier molecular flexibility index (Phi) is 3.57. The molecule has 3 heteroatoms. The van der Waals surface area contributed by atoms with Crippen molar-refractivity contribution in [2.75, 3.05) is 20.1 Å². The molecule has 1 amide bonds. The summed E-state index contributed by atoms with van der Waals surface area (Å²) in [4.78, 5) is 14.2. The Bertz CT molecular complexity index is 350. The van der Waals surface area contributed by atoms with Gasteiger partial charge >= 0.3 is 0 Å². The number of piperidine rings is 1. The van der Waals surface area contributed by atoms with Gasteiger partial charge in [-0.2, -0.15) is 0 Å². The molecule has 1 aromatic carbocycles. The number of likely N-dealkylation sites (tertiary alicyclic amines) is 1. The van der Waals surface area contributed by atoms with Crippen LogP contribution in [0.25, 0.3) is 0 Å². The van der Waals surface area contributed by atoms with Crippen LogP contribution in [-0.2, 0) is 0 Å². The molecule has 1 heterocycles. The van der Waals surface area contributed by atoms with E-state index in [4.69, 9.17) is 0 Å². The quantitative estimate of drug-likeness (QED) is 0.816. The molecule has 1 N–H and O–H groups in total. The van der Waals surface area contributed by atoms with Gasteiger partial charge in [0, 0.05) is 18.2 Å². The highest BCUT2D eigenvalue weighted by Crippen LogP contribution is 2.09. The van der Waals surface area contributed by atoms with Crippen LogP contribution in [0.15, 0.2) is 30.3 Å². The van der Waals surface area contributed by atoms with Crippen molar-refractivity contribution in [2.45, 2.75) is 18.9 Å². The van der Waals surface area contributed by atoms with Crippen LogP contribution in [0.3, 0.4) is 0 Å². The highest BCUT2D eigenvalue weighted by molar-refractivity contribution is 5.94. The van der Waals surface area contributed by atoms with E-state index in [0.717, 1.165) is 31.5 Å². The van der Waals surface area contributed by atoms with E-state index in [1.54, 1.807) is 0 Å². The topological polar surface area (TPSA) is 32.3 Å². The summed E-state index contributed by atoms with van der Waals surface area (Å²) in [5.74, 6) is 0.0425. The molecule has 3 nitrogen and oxygen atoms in total. The van der Waals surface area contributed by atoms with Crippen LogP contribution in [0, 0.1) is 0 Å². The third-order valence-corrected chi connectivity index (χ3v) is 3.00. The van der Waals surface area contributed by atoms with E-state index in [1.165, 1.54) is 0 Å². The maximum atomic E-state index is 11.9. The number of hydrogen-bond acceptors (Lipinski definition) is 2. The van der Waals surface area contributed by atoms with Crippen LogP contribution >= 0.6 is 0 Å².